The van der Waals surface area contributed by atoms with Gasteiger partial charge in [-0.2, -0.15) is 0 Å². The second kappa shape index (κ2) is 5.61. The van der Waals surface area contributed by atoms with Gasteiger partial charge in [-0.1, -0.05) is 36.5 Å². The third-order valence-electron chi connectivity index (χ3n) is 2.46. The van der Waals surface area contributed by atoms with Crippen LogP contribution in [0.3, 0.4) is 0 Å². The maximum atomic E-state index is 10.8. The van der Waals surface area contributed by atoms with E-state index in [1.165, 1.54) is 23.9 Å². The average molecular weight is 291 g/mol. The standard InChI is InChI=1S/C14H12O3S2/c1-2-11-3-5-12(6-4-11)18-13-7-9-14(10-8-13)19(15,16)17/h2-10H,1H2,(H,15,16,17)/p-1. The minimum absolute atomic E-state index is 0.209. The second-order valence-corrected chi connectivity index (χ2v) is 6.33. The van der Waals surface area contributed by atoms with E-state index in [-0.39, 0.29) is 4.90 Å². The summed E-state index contributed by atoms with van der Waals surface area (Å²) in [6, 6.07) is 13.7. The number of hydrogen-bond donors (Lipinski definition) is 0. The normalized spacial score (nSPS) is 11.2. The highest BCUT2D eigenvalue weighted by Gasteiger charge is 2.02. The summed E-state index contributed by atoms with van der Waals surface area (Å²) >= 11 is 1.49. The Labute approximate surface area is 116 Å². The van der Waals surface area contributed by atoms with E-state index in [9.17, 15) is 13.0 Å². The molecule has 0 amide bonds. The molecular formula is C14H11O3S2-. The molecule has 0 atom stereocenters. The maximum absolute atomic E-state index is 10.8. The van der Waals surface area contributed by atoms with E-state index in [0.717, 1.165) is 15.4 Å². The fourth-order valence-corrected chi connectivity index (χ4v) is 2.77. The number of rotatable bonds is 4. The van der Waals surface area contributed by atoms with Gasteiger partial charge in [-0.15, -0.1) is 0 Å². The van der Waals surface area contributed by atoms with Crippen molar-refractivity contribution in [2.24, 2.45) is 0 Å². The van der Waals surface area contributed by atoms with E-state index >= 15 is 0 Å². The molecule has 0 aromatic heterocycles. The molecule has 2 aromatic rings. The van der Waals surface area contributed by atoms with Crippen LogP contribution < -0.4 is 0 Å². The van der Waals surface area contributed by atoms with Gasteiger partial charge in [-0.25, -0.2) is 8.42 Å². The molecule has 19 heavy (non-hydrogen) atoms. The molecule has 98 valence electrons. The fourth-order valence-electron chi connectivity index (χ4n) is 1.48. The molecule has 0 aliphatic rings. The monoisotopic (exact) mass is 291 g/mol. The third-order valence-corrected chi connectivity index (χ3v) is 4.33. The molecule has 2 rings (SSSR count). The van der Waals surface area contributed by atoms with Crippen LogP contribution in [0, 0.1) is 0 Å². The summed E-state index contributed by atoms with van der Waals surface area (Å²) in [4.78, 5) is 1.70. The van der Waals surface area contributed by atoms with Crippen LogP contribution >= 0.6 is 11.8 Å². The van der Waals surface area contributed by atoms with E-state index in [1.807, 2.05) is 24.3 Å². The van der Waals surface area contributed by atoms with Crippen LogP contribution in [0.15, 0.2) is 69.8 Å². The van der Waals surface area contributed by atoms with Crippen molar-refractivity contribution in [3.63, 3.8) is 0 Å². The first-order chi connectivity index (χ1) is 8.99. The molecule has 3 nitrogen and oxygen atoms in total. The average Bonchev–Trinajstić information content (AvgIpc) is 2.39. The lowest BCUT2D eigenvalue weighted by molar-refractivity contribution is 0.463. The molecule has 0 heterocycles. The highest BCUT2D eigenvalue weighted by atomic mass is 32.2. The Morgan fingerprint density at radius 2 is 1.42 bits per heavy atom. The quantitative estimate of drug-likeness (QED) is 0.810. The first kappa shape index (κ1) is 13.9. The van der Waals surface area contributed by atoms with Crippen molar-refractivity contribution >= 4 is 28.0 Å². The molecule has 0 N–H and O–H groups in total. The van der Waals surface area contributed by atoms with Crippen molar-refractivity contribution in [2.75, 3.05) is 0 Å². The Balaban J connectivity index is 2.17. The van der Waals surface area contributed by atoms with Gasteiger partial charge in [0.05, 0.1) is 4.90 Å². The molecular weight excluding hydrogens is 280 g/mol. The summed E-state index contributed by atoms with van der Waals surface area (Å²) in [5, 5.41) is 0. The molecule has 0 saturated carbocycles. The zero-order valence-electron chi connectivity index (χ0n) is 9.94. The highest BCUT2D eigenvalue weighted by molar-refractivity contribution is 7.99. The Bertz CT molecular complexity index is 672. The first-order valence-electron chi connectivity index (χ1n) is 5.45. The van der Waals surface area contributed by atoms with Gasteiger partial charge in [0.15, 0.2) is 0 Å². The summed E-state index contributed by atoms with van der Waals surface area (Å²) in [6.45, 7) is 3.68. The molecule has 0 saturated heterocycles. The van der Waals surface area contributed by atoms with E-state index in [1.54, 1.807) is 18.2 Å². The van der Waals surface area contributed by atoms with Crippen molar-refractivity contribution in [3.8, 4) is 0 Å². The van der Waals surface area contributed by atoms with Crippen molar-refractivity contribution in [1.29, 1.82) is 0 Å². The predicted octanol–water partition coefficient (Wildman–Crippen LogP) is 3.38. The van der Waals surface area contributed by atoms with Gasteiger partial charge in [0.1, 0.15) is 10.1 Å². The minimum Gasteiger partial charge on any atom is -0.744 e. The van der Waals surface area contributed by atoms with Crippen molar-refractivity contribution in [1.82, 2.24) is 0 Å². The van der Waals surface area contributed by atoms with Crippen LogP contribution in [0.4, 0.5) is 0 Å². The fraction of sp³-hybridized carbons (Fsp3) is 0. The lowest BCUT2D eigenvalue weighted by Crippen LogP contribution is -1.97. The van der Waals surface area contributed by atoms with Gasteiger partial charge >= 0.3 is 0 Å². The predicted molar refractivity (Wildman–Crippen MR) is 75.1 cm³/mol. The zero-order chi connectivity index (χ0) is 13.9. The van der Waals surface area contributed by atoms with Crippen LogP contribution in [0.2, 0.25) is 0 Å². The van der Waals surface area contributed by atoms with Crippen LogP contribution in [0.1, 0.15) is 5.56 Å². The highest BCUT2D eigenvalue weighted by Crippen LogP contribution is 2.28. The van der Waals surface area contributed by atoms with Gasteiger partial charge in [-0.3, -0.25) is 0 Å². The Morgan fingerprint density at radius 1 is 0.947 bits per heavy atom. The van der Waals surface area contributed by atoms with E-state index in [4.69, 9.17) is 0 Å². The molecule has 0 fully saturated rings. The zero-order valence-corrected chi connectivity index (χ0v) is 11.6. The lowest BCUT2D eigenvalue weighted by atomic mass is 10.2. The summed E-state index contributed by atoms with van der Waals surface area (Å²) < 4.78 is 32.4. The van der Waals surface area contributed by atoms with Crippen molar-refractivity contribution in [3.05, 3.63) is 60.7 Å². The Kier molecular flexibility index (Phi) is 4.09. The largest absolute Gasteiger partial charge is 0.744 e. The summed E-state index contributed by atoms with van der Waals surface area (Å²) in [6.07, 6.45) is 1.77. The first-order valence-corrected chi connectivity index (χ1v) is 7.68. The molecule has 0 unspecified atom stereocenters. The topological polar surface area (TPSA) is 57.2 Å². The van der Waals surface area contributed by atoms with Gasteiger partial charge in [0.2, 0.25) is 0 Å². The van der Waals surface area contributed by atoms with Crippen LogP contribution in [0.25, 0.3) is 6.08 Å². The molecule has 2 aromatic carbocycles. The molecule has 0 aliphatic carbocycles. The van der Waals surface area contributed by atoms with Crippen molar-refractivity contribution < 1.29 is 13.0 Å². The van der Waals surface area contributed by atoms with Gasteiger partial charge in [0, 0.05) is 9.79 Å². The van der Waals surface area contributed by atoms with Gasteiger partial charge in [-0.05, 0) is 42.0 Å². The van der Waals surface area contributed by atoms with E-state index < -0.39 is 10.1 Å². The van der Waals surface area contributed by atoms with E-state index in [2.05, 4.69) is 6.58 Å². The molecule has 0 spiro atoms. The van der Waals surface area contributed by atoms with E-state index in [0.29, 0.717) is 0 Å². The van der Waals surface area contributed by atoms with Crippen molar-refractivity contribution in [2.45, 2.75) is 14.7 Å². The molecule has 0 bridgehead atoms. The Hall–Kier alpha value is -1.56. The number of hydrogen-bond acceptors (Lipinski definition) is 4. The van der Waals surface area contributed by atoms with Crippen LogP contribution in [0.5, 0.6) is 0 Å². The second-order valence-electron chi connectivity index (χ2n) is 3.80. The van der Waals surface area contributed by atoms with Crippen LogP contribution in [-0.2, 0) is 10.1 Å². The molecule has 0 aliphatic heterocycles. The SMILES string of the molecule is C=Cc1ccc(Sc2ccc(S(=O)(=O)[O-])cc2)cc1. The molecule has 0 radical (unpaired) electrons. The Morgan fingerprint density at radius 3 is 1.84 bits per heavy atom. The minimum atomic E-state index is -4.37. The summed E-state index contributed by atoms with van der Waals surface area (Å²) in [5.74, 6) is 0. The molecule has 5 heteroatoms. The van der Waals surface area contributed by atoms with Crippen LogP contribution in [-0.4, -0.2) is 13.0 Å². The third kappa shape index (κ3) is 3.70. The summed E-state index contributed by atoms with van der Waals surface area (Å²) in [5.41, 5.74) is 1.04. The number of benzene rings is 2. The van der Waals surface area contributed by atoms with Gasteiger partial charge < -0.3 is 4.55 Å². The van der Waals surface area contributed by atoms with Gasteiger partial charge in [0.25, 0.3) is 0 Å². The summed E-state index contributed by atoms with van der Waals surface area (Å²) in [7, 11) is -4.37. The smallest absolute Gasteiger partial charge is 0.124 e. The maximum Gasteiger partial charge on any atom is 0.124 e. The lowest BCUT2D eigenvalue weighted by Gasteiger charge is -2.07.